The monoisotopic (exact) mass is 414 g/mol. The van der Waals surface area contributed by atoms with Crippen molar-refractivity contribution >= 4 is 46.2 Å². The van der Waals surface area contributed by atoms with Gasteiger partial charge < -0.3 is 19.4 Å². The van der Waals surface area contributed by atoms with E-state index in [1.807, 2.05) is 6.92 Å². The van der Waals surface area contributed by atoms with Crippen LogP contribution in [0.4, 0.5) is 4.79 Å². The minimum Gasteiger partial charge on any atom is -0.461 e. The van der Waals surface area contributed by atoms with Crippen LogP contribution >= 0.6 is 23.2 Å². The van der Waals surface area contributed by atoms with E-state index in [-0.39, 0.29) is 19.2 Å². The molecule has 0 aliphatic carbocycles. The van der Waals surface area contributed by atoms with Gasteiger partial charge in [-0.3, -0.25) is 0 Å². The van der Waals surface area contributed by atoms with Gasteiger partial charge >= 0.3 is 12.1 Å². The van der Waals surface area contributed by atoms with E-state index < -0.39 is 17.7 Å². The number of halogens is 2. The first-order chi connectivity index (χ1) is 12.5. The van der Waals surface area contributed by atoms with Gasteiger partial charge in [-0.2, -0.15) is 0 Å². The highest BCUT2D eigenvalue weighted by Crippen LogP contribution is 2.33. The summed E-state index contributed by atoms with van der Waals surface area (Å²) in [5.41, 5.74) is 0.438. The van der Waals surface area contributed by atoms with E-state index in [9.17, 15) is 9.59 Å². The molecule has 1 unspecified atom stereocenters. The fraction of sp³-hybridized carbons (Fsp3) is 0.474. The molecule has 1 heterocycles. The lowest BCUT2D eigenvalue weighted by atomic mass is 10.2. The van der Waals surface area contributed by atoms with Crippen molar-refractivity contribution in [2.45, 2.75) is 46.3 Å². The van der Waals surface area contributed by atoms with E-state index in [2.05, 4.69) is 5.32 Å². The standard InChI is InChI=1S/C19H24Cl2N2O4/c1-6-26-17(24)16-9-13-14(21)7-12(20)8-15(13)23(16)11(2)10-22-18(25)27-19(3,4)5/h7-9,11H,6,10H2,1-5H3,(H,22,25). The first-order valence-corrected chi connectivity index (χ1v) is 9.43. The Morgan fingerprint density at radius 3 is 2.48 bits per heavy atom. The van der Waals surface area contributed by atoms with Crippen molar-refractivity contribution in [2.24, 2.45) is 0 Å². The Balaban J connectivity index is 2.37. The van der Waals surface area contributed by atoms with Crippen LogP contribution in [-0.2, 0) is 9.47 Å². The summed E-state index contributed by atoms with van der Waals surface area (Å²) in [7, 11) is 0. The minimum atomic E-state index is -0.593. The van der Waals surface area contributed by atoms with Gasteiger partial charge in [-0.1, -0.05) is 23.2 Å². The molecule has 2 rings (SSSR count). The van der Waals surface area contributed by atoms with Crippen LogP contribution in [0.1, 0.15) is 51.1 Å². The quantitative estimate of drug-likeness (QED) is 0.681. The molecule has 0 spiro atoms. The molecule has 0 bridgehead atoms. The molecule has 1 aromatic heterocycles. The first kappa shape index (κ1) is 21.4. The molecule has 2 aromatic rings. The molecule has 1 amide bonds. The second-order valence-corrected chi connectivity index (χ2v) is 8.02. The van der Waals surface area contributed by atoms with E-state index in [0.29, 0.717) is 26.6 Å². The van der Waals surface area contributed by atoms with Crippen molar-refractivity contribution in [3.05, 3.63) is 33.9 Å². The summed E-state index contributed by atoms with van der Waals surface area (Å²) in [5, 5.41) is 4.30. The number of carbonyl (C=O) groups excluding carboxylic acids is 2. The first-order valence-electron chi connectivity index (χ1n) is 8.67. The van der Waals surface area contributed by atoms with Crippen LogP contribution in [0.15, 0.2) is 18.2 Å². The Kier molecular flexibility index (Phi) is 6.65. The largest absolute Gasteiger partial charge is 0.461 e. The molecule has 1 N–H and O–H groups in total. The van der Waals surface area contributed by atoms with Crippen LogP contribution in [-0.4, -0.2) is 35.4 Å². The molecule has 0 saturated carbocycles. The van der Waals surface area contributed by atoms with Gasteiger partial charge in [-0.15, -0.1) is 0 Å². The number of ether oxygens (including phenoxy) is 2. The summed E-state index contributed by atoms with van der Waals surface area (Å²) in [6, 6.07) is 4.75. The number of nitrogens with one attached hydrogen (secondary N) is 1. The second kappa shape index (κ2) is 8.40. The zero-order valence-corrected chi connectivity index (χ0v) is 17.6. The van der Waals surface area contributed by atoms with Crippen molar-refractivity contribution < 1.29 is 19.1 Å². The molecular formula is C19H24Cl2N2O4. The number of amides is 1. The van der Waals surface area contributed by atoms with Gasteiger partial charge in [0.05, 0.1) is 17.1 Å². The summed E-state index contributed by atoms with van der Waals surface area (Å²) < 4.78 is 12.2. The highest BCUT2D eigenvalue weighted by atomic mass is 35.5. The van der Waals surface area contributed by atoms with Crippen LogP contribution in [0, 0.1) is 0 Å². The highest BCUT2D eigenvalue weighted by molar-refractivity contribution is 6.38. The van der Waals surface area contributed by atoms with Crippen molar-refractivity contribution in [2.75, 3.05) is 13.2 Å². The van der Waals surface area contributed by atoms with Crippen LogP contribution in [0.3, 0.4) is 0 Å². The summed E-state index contributed by atoms with van der Waals surface area (Å²) >= 11 is 12.4. The minimum absolute atomic E-state index is 0.245. The molecule has 0 aliphatic rings. The smallest absolute Gasteiger partial charge is 0.407 e. The Hall–Kier alpha value is -1.92. The maximum Gasteiger partial charge on any atom is 0.407 e. The van der Waals surface area contributed by atoms with Gasteiger partial charge in [0.15, 0.2) is 0 Å². The van der Waals surface area contributed by atoms with E-state index in [0.717, 1.165) is 0 Å². The van der Waals surface area contributed by atoms with Crippen LogP contribution < -0.4 is 5.32 Å². The molecule has 27 heavy (non-hydrogen) atoms. The molecule has 1 atom stereocenters. The maximum absolute atomic E-state index is 12.4. The summed E-state index contributed by atoms with van der Waals surface area (Å²) in [5.74, 6) is -0.468. The molecular weight excluding hydrogens is 391 g/mol. The number of hydrogen-bond acceptors (Lipinski definition) is 4. The van der Waals surface area contributed by atoms with Gasteiger partial charge in [0.1, 0.15) is 11.3 Å². The number of alkyl carbamates (subject to hydrolysis) is 1. The number of aromatic nitrogens is 1. The molecule has 8 heteroatoms. The van der Waals surface area contributed by atoms with Gasteiger partial charge in [0.25, 0.3) is 0 Å². The van der Waals surface area contributed by atoms with E-state index in [1.54, 1.807) is 50.5 Å². The molecule has 6 nitrogen and oxygen atoms in total. The molecule has 1 aromatic carbocycles. The number of esters is 1. The van der Waals surface area contributed by atoms with Crippen LogP contribution in [0.25, 0.3) is 10.9 Å². The third-order valence-electron chi connectivity index (χ3n) is 3.74. The zero-order chi connectivity index (χ0) is 20.4. The average molecular weight is 415 g/mol. The fourth-order valence-electron chi connectivity index (χ4n) is 2.72. The van der Waals surface area contributed by atoms with Gasteiger partial charge in [0, 0.05) is 23.0 Å². The third kappa shape index (κ3) is 5.30. The Morgan fingerprint density at radius 1 is 1.22 bits per heavy atom. The molecule has 0 fully saturated rings. The van der Waals surface area contributed by atoms with Gasteiger partial charge in [-0.05, 0) is 52.8 Å². The third-order valence-corrected chi connectivity index (χ3v) is 4.27. The highest BCUT2D eigenvalue weighted by Gasteiger charge is 2.23. The molecule has 0 saturated heterocycles. The Labute approximate surface area is 168 Å². The van der Waals surface area contributed by atoms with E-state index >= 15 is 0 Å². The van der Waals surface area contributed by atoms with E-state index in [4.69, 9.17) is 32.7 Å². The summed E-state index contributed by atoms with van der Waals surface area (Å²) in [6.07, 6.45) is -0.528. The van der Waals surface area contributed by atoms with Gasteiger partial charge in [-0.25, -0.2) is 9.59 Å². The molecule has 0 radical (unpaired) electrons. The number of hydrogen-bond donors (Lipinski definition) is 1. The lowest BCUT2D eigenvalue weighted by Crippen LogP contribution is -2.35. The molecule has 0 aliphatic heterocycles. The number of rotatable bonds is 5. The predicted octanol–water partition coefficient (Wildman–Crippen LogP) is 5.21. The number of benzene rings is 1. The van der Waals surface area contributed by atoms with Crippen LogP contribution in [0.2, 0.25) is 10.0 Å². The summed E-state index contributed by atoms with van der Waals surface area (Å²) in [6.45, 7) is 9.47. The van der Waals surface area contributed by atoms with Crippen molar-refractivity contribution in [1.82, 2.24) is 9.88 Å². The predicted molar refractivity (Wildman–Crippen MR) is 107 cm³/mol. The normalized spacial score (nSPS) is 12.7. The lowest BCUT2D eigenvalue weighted by Gasteiger charge is -2.22. The fourth-order valence-corrected chi connectivity index (χ4v) is 3.26. The number of fused-ring (bicyclic) bond motifs is 1. The SMILES string of the molecule is CCOC(=O)c1cc2c(Cl)cc(Cl)cc2n1C(C)CNC(=O)OC(C)(C)C. The van der Waals surface area contributed by atoms with Crippen molar-refractivity contribution in [3.8, 4) is 0 Å². The van der Waals surface area contributed by atoms with E-state index in [1.165, 1.54) is 0 Å². The van der Waals surface area contributed by atoms with Crippen molar-refractivity contribution in [1.29, 1.82) is 0 Å². The lowest BCUT2D eigenvalue weighted by molar-refractivity contribution is 0.0512. The van der Waals surface area contributed by atoms with Crippen LogP contribution in [0.5, 0.6) is 0 Å². The Morgan fingerprint density at radius 2 is 1.89 bits per heavy atom. The van der Waals surface area contributed by atoms with Crippen molar-refractivity contribution in [3.63, 3.8) is 0 Å². The topological polar surface area (TPSA) is 69.6 Å². The molecule has 148 valence electrons. The second-order valence-electron chi connectivity index (χ2n) is 7.17. The number of nitrogens with zero attached hydrogens (tertiary/aromatic N) is 1. The summed E-state index contributed by atoms with van der Waals surface area (Å²) in [4.78, 5) is 24.4. The average Bonchev–Trinajstić information content (AvgIpc) is 2.91. The van der Waals surface area contributed by atoms with Gasteiger partial charge in [0.2, 0.25) is 0 Å². The number of carbonyl (C=O) groups is 2. The zero-order valence-electron chi connectivity index (χ0n) is 16.1. The maximum atomic E-state index is 12.4. The Bertz CT molecular complexity index is 855.